The van der Waals surface area contributed by atoms with E-state index >= 15 is 0 Å². The van der Waals surface area contributed by atoms with Crippen LogP contribution in [0.15, 0.2) is 24.3 Å². The van der Waals surface area contributed by atoms with Gasteiger partial charge in [-0.15, -0.1) is 0 Å². The first-order valence-corrected chi connectivity index (χ1v) is 6.16. The van der Waals surface area contributed by atoms with E-state index in [4.69, 9.17) is 0 Å². The second kappa shape index (κ2) is 4.80. The van der Waals surface area contributed by atoms with Gasteiger partial charge in [0.25, 0.3) is 0 Å². The number of amides is 2. The number of carbonyl (C=O) groups excluding carboxylic acids is 2. The van der Waals surface area contributed by atoms with Gasteiger partial charge in [0.2, 0.25) is 11.8 Å². The van der Waals surface area contributed by atoms with E-state index in [0.717, 1.165) is 11.3 Å². The van der Waals surface area contributed by atoms with Crippen molar-refractivity contribution in [2.45, 2.75) is 32.2 Å². The van der Waals surface area contributed by atoms with Crippen LogP contribution in [0.5, 0.6) is 0 Å². The maximum absolute atomic E-state index is 12.1. The summed E-state index contributed by atoms with van der Waals surface area (Å²) in [6, 6.07) is 7.66. The molecule has 0 spiro atoms. The summed E-state index contributed by atoms with van der Waals surface area (Å²) in [5, 5.41) is 2.88. The fraction of sp³-hybridized carbons (Fsp3) is 0.429. The largest absolute Gasteiger partial charge is 0.353 e. The molecule has 0 saturated heterocycles. The first-order valence-electron chi connectivity index (χ1n) is 6.16. The Labute approximate surface area is 107 Å². The Balaban J connectivity index is 2.36. The van der Waals surface area contributed by atoms with Gasteiger partial charge < -0.3 is 10.2 Å². The van der Waals surface area contributed by atoms with Crippen molar-refractivity contribution >= 4 is 17.5 Å². The number of hydrogen-bond donors (Lipinski definition) is 1. The lowest BCUT2D eigenvalue weighted by Crippen LogP contribution is -2.41. The maximum Gasteiger partial charge on any atom is 0.228 e. The molecular weight excluding hydrogens is 228 g/mol. The second-order valence-corrected chi connectivity index (χ2v) is 4.93. The molecule has 0 bridgehead atoms. The first-order chi connectivity index (χ1) is 8.50. The monoisotopic (exact) mass is 246 g/mol. The molecule has 1 aromatic carbocycles. The van der Waals surface area contributed by atoms with Crippen LogP contribution in [-0.4, -0.2) is 24.9 Å². The molecule has 0 aliphatic carbocycles. The van der Waals surface area contributed by atoms with Crippen molar-refractivity contribution in [3.8, 4) is 0 Å². The van der Waals surface area contributed by atoms with E-state index in [-0.39, 0.29) is 30.2 Å². The van der Waals surface area contributed by atoms with Crippen LogP contribution in [0.4, 0.5) is 5.69 Å². The SMILES string of the molecule is CC(C)NC(=O)C1CC(=O)N(C)c2ccccc21. The zero-order valence-corrected chi connectivity index (χ0v) is 10.9. The van der Waals surface area contributed by atoms with E-state index in [1.165, 1.54) is 0 Å². The third-order valence-corrected chi connectivity index (χ3v) is 3.17. The minimum atomic E-state index is -0.368. The van der Waals surface area contributed by atoms with E-state index < -0.39 is 0 Å². The van der Waals surface area contributed by atoms with Gasteiger partial charge in [-0.1, -0.05) is 18.2 Å². The highest BCUT2D eigenvalue weighted by atomic mass is 16.2. The highest BCUT2D eigenvalue weighted by molar-refractivity contribution is 6.02. The van der Waals surface area contributed by atoms with Crippen LogP contribution in [-0.2, 0) is 9.59 Å². The highest BCUT2D eigenvalue weighted by Gasteiger charge is 2.33. The Morgan fingerprint density at radius 3 is 2.72 bits per heavy atom. The molecule has 4 heteroatoms. The molecule has 1 aliphatic rings. The molecule has 1 aliphatic heterocycles. The predicted octanol–water partition coefficient (Wildman–Crippen LogP) is 1.66. The summed E-state index contributed by atoms with van der Waals surface area (Å²) in [5.74, 6) is -0.455. The number of para-hydroxylation sites is 1. The van der Waals surface area contributed by atoms with Gasteiger partial charge in [-0.05, 0) is 25.5 Å². The number of rotatable bonds is 2. The molecule has 2 rings (SSSR count). The van der Waals surface area contributed by atoms with Crippen molar-refractivity contribution < 1.29 is 9.59 Å². The van der Waals surface area contributed by atoms with Crippen LogP contribution in [0.3, 0.4) is 0 Å². The van der Waals surface area contributed by atoms with Crippen molar-refractivity contribution in [2.24, 2.45) is 0 Å². The van der Waals surface area contributed by atoms with Crippen LogP contribution in [0, 0.1) is 0 Å². The lowest BCUT2D eigenvalue weighted by Gasteiger charge is -2.31. The zero-order chi connectivity index (χ0) is 13.3. The first kappa shape index (κ1) is 12.6. The van der Waals surface area contributed by atoms with Gasteiger partial charge >= 0.3 is 0 Å². The predicted molar refractivity (Wildman–Crippen MR) is 70.5 cm³/mol. The molecule has 0 saturated carbocycles. The van der Waals surface area contributed by atoms with Gasteiger partial charge in [0.1, 0.15) is 0 Å². The van der Waals surface area contributed by atoms with Crippen LogP contribution < -0.4 is 10.2 Å². The minimum Gasteiger partial charge on any atom is -0.353 e. The summed E-state index contributed by atoms with van der Waals surface area (Å²) in [5.41, 5.74) is 1.76. The molecule has 18 heavy (non-hydrogen) atoms. The van der Waals surface area contributed by atoms with Gasteiger partial charge in [-0.25, -0.2) is 0 Å². The van der Waals surface area contributed by atoms with Crippen LogP contribution in [0.25, 0.3) is 0 Å². The summed E-state index contributed by atoms with van der Waals surface area (Å²) >= 11 is 0. The Morgan fingerprint density at radius 1 is 1.39 bits per heavy atom. The molecule has 96 valence electrons. The molecule has 4 nitrogen and oxygen atoms in total. The quantitative estimate of drug-likeness (QED) is 0.862. The number of nitrogens with zero attached hydrogens (tertiary/aromatic N) is 1. The average Bonchev–Trinajstić information content (AvgIpc) is 2.33. The van der Waals surface area contributed by atoms with Crippen LogP contribution in [0.1, 0.15) is 31.7 Å². The highest BCUT2D eigenvalue weighted by Crippen LogP contribution is 2.35. The lowest BCUT2D eigenvalue weighted by atomic mass is 9.89. The normalized spacial score (nSPS) is 18.8. The summed E-state index contributed by atoms with van der Waals surface area (Å²) in [7, 11) is 1.75. The van der Waals surface area contributed by atoms with Crippen molar-refractivity contribution in [2.75, 3.05) is 11.9 Å². The summed E-state index contributed by atoms with van der Waals surface area (Å²) in [4.78, 5) is 25.7. The van der Waals surface area contributed by atoms with E-state index in [1.54, 1.807) is 11.9 Å². The van der Waals surface area contributed by atoms with Crippen molar-refractivity contribution in [1.29, 1.82) is 0 Å². The Hall–Kier alpha value is -1.84. The van der Waals surface area contributed by atoms with E-state index in [9.17, 15) is 9.59 Å². The zero-order valence-electron chi connectivity index (χ0n) is 10.9. The van der Waals surface area contributed by atoms with Crippen molar-refractivity contribution in [3.63, 3.8) is 0 Å². The number of benzene rings is 1. The number of anilines is 1. The third-order valence-electron chi connectivity index (χ3n) is 3.17. The third kappa shape index (κ3) is 2.23. The summed E-state index contributed by atoms with van der Waals surface area (Å²) in [6.07, 6.45) is 0.242. The van der Waals surface area contributed by atoms with Gasteiger partial charge in [0.15, 0.2) is 0 Å². The van der Waals surface area contributed by atoms with E-state index in [0.29, 0.717) is 0 Å². The van der Waals surface area contributed by atoms with E-state index in [2.05, 4.69) is 5.32 Å². The summed E-state index contributed by atoms with van der Waals surface area (Å²) < 4.78 is 0. The molecular formula is C14H18N2O2. The molecule has 2 amide bonds. The Morgan fingerprint density at radius 2 is 2.06 bits per heavy atom. The fourth-order valence-corrected chi connectivity index (χ4v) is 2.26. The smallest absolute Gasteiger partial charge is 0.228 e. The Kier molecular flexibility index (Phi) is 3.36. The second-order valence-electron chi connectivity index (χ2n) is 4.93. The number of carbonyl (C=O) groups is 2. The molecule has 1 heterocycles. The fourth-order valence-electron chi connectivity index (χ4n) is 2.26. The number of fused-ring (bicyclic) bond motifs is 1. The molecule has 1 unspecified atom stereocenters. The molecule has 1 aromatic rings. The number of hydrogen-bond acceptors (Lipinski definition) is 2. The van der Waals surface area contributed by atoms with Crippen molar-refractivity contribution in [1.82, 2.24) is 5.32 Å². The minimum absolute atomic E-state index is 0.0161. The van der Waals surface area contributed by atoms with Gasteiger partial charge in [-0.2, -0.15) is 0 Å². The Bertz CT molecular complexity index is 482. The number of nitrogens with one attached hydrogen (secondary N) is 1. The molecule has 0 fully saturated rings. The van der Waals surface area contributed by atoms with Gasteiger partial charge in [-0.3, -0.25) is 9.59 Å². The standard InChI is InChI=1S/C14H18N2O2/c1-9(2)15-14(18)11-8-13(17)16(3)12-7-5-4-6-10(11)12/h4-7,9,11H,8H2,1-3H3,(H,15,18). The molecule has 0 aromatic heterocycles. The summed E-state index contributed by atoms with van der Waals surface area (Å²) in [6.45, 7) is 3.83. The maximum atomic E-state index is 12.1. The molecule has 1 atom stereocenters. The van der Waals surface area contributed by atoms with Gasteiger partial charge in [0, 0.05) is 25.2 Å². The van der Waals surface area contributed by atoms with Gasteiger partial charge in [0.05, 0.1) is 5.92 Å². The molecule has 1 N–H and O–H groups in total. The van der Waals surface area contributed by atoms with Crippen LogP contribution in [0.2, 0.25) is 0 Å². The van der Waals surface area contributed by atoms with Crippen molar-refractivity contribution in [3.05, 3.63) is 29.8 Å². The molecule has 0 radical (unpaired) electrons. The van der Waals surface area contributed by atoms with E-state index in [1.807, 2.05) is 38.1 Å². The lowest BCUT2D eigenvalue weighted by molar-refractivity contribution is -0.127. The average molecular weight is 246 g/mol. The topological polar surface area (TPSA) is 49.4 Å². The van der Waals surface area contributed by atoms with Crippen LogP contribution >= 0.6 is 0 Å².